The van der Waals surface area contributed by atoms with Crippen LogP contribution in [0.1, 0.15) is 5.82 Å². The lowest BCUT2D eigenvalue weighted by molar-refractivity contribution is 0.415. The van der Waals surface area contributed by atoms with Crippen LogP contribution in [0.4, 0.5) is 5.69 Å². The summed E-state index contributed by atoms with van der Waals surface area (Å²) in [6, 6.07) is 7.63. The first-order valence-electron chi connectivity index (χ1n) is 4.49. The molecule has 0 bridgehead atoms. The van der Waals surface area contributed by atoms with Crippen molar-refractivity contribution in [3.8, 4) is 5.75 Å². The molecule has 1 aromatic carbocycles. The number of ether oxygens (including phenoxy) is 1. The lowest BCUT2D eigenvalue weighted by Crippen LogP contribution is -2.01. The van der Waals surface area contributed by atoms with Gasteiger partial charge in [0, 0.05) is 5.69 Å². The third-order valence-corrected chi connectivity index (χ3v) is 1.93. The Morgan fingerprint density at radius 2 is 2.13 bits per heavy atom. The van der Waals surface area contributed by atoms with Gasteiger partial charge in [0.15, 0.2) is 5.82 Å². The third kappa shape index (κ3) is 2.43. The van der Waals surface area contributed by atoms with E-state index in [1.807, 2.05) is 24.3 Å². The Morgan fingerprint density at radius 3 is 2.73 bits per heavy atom. The second-order valence-corrected chi connectivity index (χ2v) is 2.91. The van der Waals surface area contributed by atoms with E-state index in [2.05, 4.69) is 25.9 Å². The molecule has 0 radical (unpaired) electrons. The molecule has 6 heteroatoms. The summed E-state index contributed by atoms with van der Waals surface area (Å²) in [6.07, 6.45) is 0. The first-order valence-corrected chi connectivity index (χ1v) is 4.49. The first-order chi connectivity index (χ1) is 7.38. The van der Waals surface area contributed by atoms with Crippen molar-refractivity contribution in [2.45, 2.75) is 6.54 Å². The topological polar surface area (TPSA) is 75.7 Å². The van der Waals surface area contributed by atoms with Gasteiger partial charge in [0.1, 0.15) is 5.75 Å². The monoisotopic (exact) mass is 205 g/mol. The quantitative estimate of drug-likeness (QED) is 0.772. The van der Waals surface area contributed by atoms with Crippen molar-refractivity contribution in [3.05, 3.63) is 30.1 Å². The average Bonchev–Trinajstić information content (AvgIpc) is 2.80. The smallest absolute Gasteiger partial charge is 0.193 e. The van der Waals surface area contributed by atoms with E-state index in [1.165, 1.54) is 0 Å². The molecule has 6 nitrogen and oxygen atoms in total. The highest BCUT2D eigenvalue weighted by Crippen LogP contribution is 2.15. The van der Waals surface area contributed by atoms with Crippen LogP contribution in [-0.2, 0) is 6.54 Å². The number of tetrazole rings is 1. The molecule has 1 heterocycles. The minimum absolute atomic E-state index is 0.544. The Hall–Kier alpha value is -2.11. The molecule has 78 valence electrons. The fourth-order valence-corrected chi connectivity index (χ4v) is 1.15. The maximum atomic E-state index is 5.05. The summed E-state index contributed by atoms with van der Waals surface area (Å²) in [6.45, 7) is 0.544. The van der Waals surface area contributed by atoms with Crippen LogP contribution < -0.4 is 10.1 Å². The summed E-state index contributed by atoms with van der Waals surface area (Å²) in [4.78, 5) is 0. The molecule has 0 atom stereocenters. The van der Waals surface area contributed by atoms with E-state index in [1.54, 1.807) is 7.11 Å². The molecular formula is C9H11N5O. The molecule has 0 fully saturated rings. The number of anilines is 1. The zero-order chi connectivity index (χ0) is 10.5. The summed E-state index contributed by atoms with van der Waals surface area (Å²) in [5, 5.41) is 16.7. The standard InChI is InChI=1S/C9H11N5O/c1-15-8-4-2-7(3-5-8)10-6-9-11-13-14-12-9/h2-5,10H,6H2,1H3,(H,11,12,13,14). The number of nitrogens with zero attached hydrogens (tertiary/aromatic N) is 3. The second kappa shape index (κ2) is 4.41. The number of rotatable bonds is 4. The molecule has 0 aliphatic rings. The van der Waals surface area contributed by atoms with Crippen molar-refractivity contribution < 1.29 is 4.74 Å². The van der Waals surface area contributed by atoms with E-state index in [0.29, 0.717) is 12.4 Å². The minimum atomic E-state index is 0.544. The first kappa shape index (κ1) is 9.45. The molecule has 0 spiro atoms. The van der Waals surface area contributed by atoms with E-state index >= 15 is 0 Å². The lowest BCUT2D eigenvalue weighted by Gasteiger charge is -2.04. The van der Waals surface area contributed by atoms with E-state index in [-0.39, 0.29) is 0 Å². The van der Waals surface area contributed by atoms with Gasteiger partial charge in [-0.25, -0.2) is 0 Å². The van der Waals surface area contributed by atoms with Gasteiger partial charge in [-0.1, -0.05) is 5.21 Å². The number of nitrogens with one attached hydrogen (secondary N) is 2. The Bertz CT molecular complexity index is 397. The van der Waals surface area contributed by atoms with Gasteiger partial charge in [-0.2, -0.15) is 5.21 Å². The van der Waals surface area contributed by atoms with Crippen molar-refractivity contribution in [3.63, 3.8) is 0 Å². The van der Waals surface area contributed by atoms with Crippen LogP contribution in [0.15, 0.2) is 24.3 Å². The zero-order valence-corrected chi connectivity index (χ0v) is 8.27. The number of methoxy groups -OCH3 is 1. The summed E-state index contributed by atoms with van der Waals surface area (Å²) >= 11 is 0. The highest BCUT2D eigenvalue weighted by molar-refractivity contribution is 5.46. The maximum Gasteiger partial charge on any atom is 0.193 e. The lowest BCUT2D eigenvalue weighted by atomic mass is 10.3. The van der Waals surface area contributed by atoms with Gasteiger partial charge in [-0.3, -0.25) is 0 Å². The Balaban J connectivity index is 1.93. The minimum Gasteiger partial charge on any atom is -0.497 e. The van der Waals surface area contributed by atoms with Crippen LogP contribution in [0.2, 0.25) is 0 Å². The molecule has 0 aliphatic heterocycles. The second-order valence-electron chi connectivity index (χ2n) is 2.91. The number of aromatic nitrogens is 4. The van der Waals surface area contributed by atoms with Crippen molar-refractivity contribution in [1.29, 1.82) is 0 Å². The maximum absolute atomic E-state index is 5.05. The number of hydrogen-bond donors (Lipinski definition) is 2. The van der Waals surface area contributed by atoms with E-state index < -0.39 is 0 Å². The Morgan fingerprint density at radius 1 is 1.33 bits per heavy atom. The van der Waals surface area contributed by atoms with Crippen LogP contribution in [-0.4, -0.2) is 27.7 Å². The Labute approximate surface area is 86.7 Å². The summed E-state index contributed by atoms with van der Waals surface area (Å²) in [5.41, 5.74) is 0.987. The van der Waals surface area contributed by atoms with E-state index in [4.69, 9.17) is 4.74 Å². The van der Waals surface area contributed by atoms with E-state index in [9.17, 15) is 0 Å². The summed E-state index contributed by atoms with van der Waals surface area (Å²) < 4.78 is 5.05. The van der Waals surface area contributed by atoms with Gasteiger partial charge in [0.2, 0.25) is 0 Å². The van der Waals surface area contributed by atoms with Crippen LogP contribution in [0, 0.1) is 0 Å². The summed E-state index contributed by atoms with van der Waals surface area (Å²) in [5.74, 6) is 1.46. The molecule has 0 amide bonds. The molecule has 2 N–H and O–H groups in total. The molecule has 2 rings (SSSR count). The van der Waals surface area contributed by atoms with Gasteiger partial charge in [-0.15, -0.1) is 10.2 Å². The number of benzene rings is 1. The van der Waals surface area contributed by atoms with Crippen molar-refractivity contribution in [2.24, 2.45) is 0 Å². The van der Waals surface area contributed by atoms with Crippen molar-refractivity contribution >= 4 is 5.69 Å². The molecule has 0 saturated heterocycles. The van der Waals surface area contributed by atoms with Gasteiger partial charge in [0.25, 0.3) is 0 Å². The average molecular weight is 205 g/mol. The summed E-state index contributed by atoms with van der Waals surface area (Å²) in [7, 11) is 1.64. The van der Waals surface area contributed by atoms with Crippen molar-refractivity contribution in [2.75, 3.05) is 12.4 Å². The number of H-pyrrole nitrogens is 1. The zero-order valence-electron chi connectivity index (χ0n) is 8.27. The predicted molar refractivity (Wildman–Crippen MR) is 54.5 cm³/mol. The van der Waals surface area contributed by atoms with E-state index in [0.717, 1.165) is 11.4 Å². The normalized spacial score (nSPS) is 9.93. The molecule has 0 saturated carbocycles. The molecule has 15 heavy (non-hydrogen) atoms. The van der Waals surface area contributed by atoms with Crippen LogP contribution >= 0.6 is 0 Å². The largest absolute Gasteiger partial charge is 0.497 e. The van der Waals surface area contributed by atoms with Crippen molar-refractivity contribution in [1.82, 2.24) is 20.6 Å². The third-order valence-electron chi connectivity index (χ3n) is 1.93. The van der Waals surface area contributed by atoms with Gasteiger partial charge < -0.3 is 10.1 Å². The highest BCUT2D eigenvalue weighted by Gasteiger charge is 1.97. The highest BCUT2D eigenvalue weighted by atomic mass is 16.5. The van der Waals surface area contributed by atoms with Gasteiger partial charge >= 0.3 is 0 Å². The SMILES string of the molecule is COc1ccc(NCc2nn[nH]n2)cc1. The van der Waals surface area contributed by atoms with Gasteiger partial charge in [0.05, 0.1) is 13.7 Å². The number of hydrogen-bond acceptors (Lipinski definition) is 5. The van der Waals surface area contributed by atoms with Gasteiger partial charge in [-0.05, 0) is 24.3 Å². The number of aromatic amines is 1. The molecule has 0 aliphatic carbocycles. The van der Waals surface area contributed by atoms with Crippen LogP contribution in [0.5, 0.6) is 5.75 Å². The fourth-order valence-electron chi connectivity index (χ4n) is 1.15. The molecule has 0 unspecified atom stereocenters. The van der Waals surface area contributed by atoms with Crippen LogP contribution in [0.25, 0.3) is 0 Å². The predicted octanol–water partition coefficient (Wildman–Crippen LogP) is 0.820. The molecule has 1 aromatic heterocycles. The fraction of sp³-hybridized carbons (Fsp3) is 0.222. The Kier molecular flexibility index (Phi) is 2.77. The molecule has 2 aromatic rings. The molecular weight excluding hydrogens is 194 g/mol. The van der Waals surface area contributed by atoms with Crippen LogP contribution in [0.3, 0.4) is 0 Å².